The van der Waals surface area contributed by atoms with Crippen LogP contribution in [-0.2, 0) is 0 Å². The molecule has 19 heavy (non-hydrogen) atoms. The second-order valence-corrected chi connectivity index (χ2v) is 4.67. The predicted octanol–water partition coefficient (Wildman–Crippen LogP) is 4.21. The second-order valence-electron chi connectivity index (χ2n) is 4.67. The van der Waals surface area contributed by atoms with E-state index in [1.54, 1.807) is 6.07 Å². The topological polar surface area (TPSA) is 24.9 Å². The number of aromatic nitrogens is 1. The van der Waals surface area contributed by atoms with Crippen LogP contribution in [0.2, 0.25) is 0 Å². The normalized spacial score (nSPS) is 11.3. The largest absolute Gasteiger partial charge is 0.370 e. The van der Waals surface area contributed by atoms with Crippen LogP contribution in [0.4, 0.5) is 19.0 Å². The van der Waals surface area contributed by atoms with Crippen LogP contribution in [0.1, 0.15) is 32.3 Å². The Hall–Kier alpha value is -1.78. The summed E-state index contributed by atoms with van der Waals surface area (Å²) in [5.74, 6) is -3.28. The molecule has 5 heteroatoms. The first-order valence-electron chi connectivity index (χ1n) is 6.17. The predicted molar refractivity (Wildman–Crippen MR) is 69.9 cm³/mol. The SMILES string of the molecule is CCNc1nc2c(F)c(F)c(F)cc2cc1C(C)C. The van der Waals surface area contributed by atoms with E-state index in [0.717, 1.165) is 11.6 Å². The third-order valence-electron chi connectivity index (χ3n) is 2.94. The number of nitrogens with one attached hydrogen (secondary N) is 1. The minimum atomic E-state index is -1.49. The Morgan fingerprint density at radius 3 is 2.42 bits per heavy atom. The number of anilines is 1. The Kier molecular flexibility index (Phi) is 3.64. The Morgan fingerprint density at radius 2 is 1.84 bits per heavy atom. The van der Waals surface area contributed by atoms with Crippen molar-refractivity contribution < 1.29 is 13.2 Å². The van der Waals surface area contributed by atoms with Crippen LogP contribution in [0, 0.1) is 17.5 Å². The fourth-order valence-electron chi connectivity index (χ4n) is 1.99. The van der Waals surface area contributed by atoms with E-state index in [2.05, 4.69) is 10.3 Å². The molecule has 0 atom stereocenters. The summed E-state index contributed by atoms with van der Waals surface area (Å²) < 4.78 is 40.2. The molecule has 2 nitrogen and oxygen atoms in total. The van der Waals surface area contributed by atoms with Crippen molar-refractivity contribution in [2.75, 3.05) is 11.9 Å². The highest BCUT2D eigenvalue weighted by molar-refractivity contribution is 5.82. The average Bonchev–Trinajstić information content (AvgIpc) is 2.36. The lowest BCUT2D eigenvalue weighted by Gasteiger charge is -2.14. The van der Waals surface area contributed by atoms with Gasteiger partial charge in [0, 0.05) is 11.9 Å². The Balaban J connectivity index is 2.77. The van der Waals surface area contributed by atoms with Crippen LogP contribution < -0.4 is 5.32 Å². The number of nitrogens with zero attached hydrogens (tertiary/aromatic N) is 1. The zero-order chi connectivity index (χ0) is 14.2. The molecule has 1 aromatic carbocycles. The molecule has 0 saturated carbocycles. The maximum atomic E-state index is 13.7. The third-order valence-corrected chi connectivity index (χ3v) is 2.94. The van der Waals surface area contributed by atoms with Gasteiger partial charge in [-0.05, 0) is 30.5 Å². The highest BCUT2D eigenvalue weighted by atomic mass is 19.2. The quantitative estimate of drug-likeness (QED) is 0.843. The van der Waals surface area contributed by atoms with Crippen molar-refractivity contribution >= 4 is 16.7 Å². The summed E-state index contributed by atoms with van der Waals surface area (Å²) in [6.45, 7) is 6.42. The number of rotatable bonds is 3. The molecule has 1 aromatic heterocycles. The molecule has 0 aliphatic rings. The van der Waals surface area contributed by atoms with Gasteiger partial charge in [0.15, 0.2) is 17.5 Å². The first kappa shape index (κ1) is 13.6. The molecule has 0 aliphatic carbocycles. The summed E-state index contributed by atoms with van der Waals surface area (Å²) in [6, 6.07) is 2.62. The van der Waals surface area contributed by atoms with Crippen LogP contribution in [0.15, 0.2) is 12.1 Å². The van der Waals surface area contributed by atoms with Crippen molar-refractivity contribution in [1.29, 1.82) is 0 Å². The fourth-order valence-corrected chi connectivity index (χ4v) is 1.99. The summed E-state index contributed by atoms with van der Waals surface area (Å²) >= 11 is 0. The smallest absolute Gasteiger partial charge is 0.196 e. The highest BCUT2D eigenvalue weighted by Crippen LogP contribution is 2.29. The molecule has 0 unspecified atom stereocenters. The molecule has 0 bridgehead atoms. The van der Waals surface area contributed by atoms with Gasteiger partial charge in [0.1, 0.15) is 11.3 Å². The van der Waals surface area contributed by atoms with Gasteiger partial charge < -0.3 is 5.32 Å². The van der Waals surface area contributed by atoms with E-state index in [4.69, 9.17) is 0 Å². The molecule has 0 aliphatic heterocycles. The zero-order valence-electron chi connectivity index (χ0n) is 11.0. The van der Waals surface area contributed by atoms with E-state index in [1.807, 2.05) is 20.8 Å². The van der Waals surface area contributed by atoms with E-state index < -0.39 is 17.5 Å². The molecule has 0 radical (unpaired) electrons. The van der Waals surface area contributed by atoms with Gasteiger partial charge in [-0.1, -0.05) is 13.8 Å². The molecular formula is C14H15F3N2. The minimum absolute atomic E-state index is 0.141. The fraction of sp³-hybridized carbons (Fsp3) is 0.357. The molecule has 1 heterocycles. The van der Waals surface area contributed by atoms with Gasteiger partial charge in [-0.15, -0.1) is 0 Å². The number of fused-ring (bicyclic) bond motifs is 1. The standard InChI is InChI=1S/C14H15F3N2/c1-4-18-14-9(7(2)3)5-8-6-10(15)11(16)12(17)13(8)19-14/h5-7H,4H2,1-3H3,(H,18,19). The molecule has 0 amide bonds. The van der Waals surface area contributed by atoms with Gasteiger partial charge in [-0.2, -0.15) is 0 Å². The number of benzene rings is 1. The summed E-state index contributed by atoms with van der Waals surface area (Å²) in [5.41, 5.74) is 0.694. The Bertz CT molecular complexity index is 624. The molecule has 1 N–H and O–H groups in total. The van der Waals surface area contributed by atoms with Crippen LogP contribution in [-0.4, -0.2) is 11.5 Å². The number of hydrogen-bond acceptors (Lipinski definition) is 2. The monoisotopic (exact) mass is 268 g/mol. The number of halogens is 3. The molecular weight excluding hydrogens is 253 g/mol. The maximum absolute atomic E-state index is 13.7. The van der Waals surface area contributed by atoms with Crippen molar-refractivity contribution in [1.82, 2.24) is 4.98 Å². The van der Waals surface area contributed by atoms with Crippen LogP contribution >= 0.6 is 0 Å². The molecule has 0 fully saturated rings. The van der Waals surface area contributed by atoms with E-state index in [1.165, 1.54) is 0 Å². The minimum Gasteiger partial charge on any atom is -0.370 e. The van der Waals surface area contributed by atoms with E-state index in [0.29, 0.717) is 12.4 Å². The molecule has 2 aromatic rings. The Morgan fingerprint density at radius 1 is 1.16 bits per heavy atom. The van der Waals surface area contributed by atoms with E-state index in [-0.39, 0.29) is 16.8 Å². The van der Waals surface area contributed by atoms with Gasteiger partial charge >= 0.3 is 0 Å². The van der Waals surface area contributed by atoms with Gasteiger partial charge in [0.25, 0.3) is 0 Å². The van der Waals surface area contributed by atoms with E-state index >= 15 is 0 Å². The Labute approximate surface area is 109 Å². The molecule has 0 spiro atoms. The first-order valence-corrected chi connectivity index (χ1v) is 6.17. The van der Waals surface area contributed by atoms with Crippen LogP contribution in [0.3, 0.4) is 0 Å². The van der Waals surface area contributed by atoms with Crippen molar-refractivity contribution in [3.05, 3.63) is 35.1 Å². The average molecular weight is 268 g/mol. The van der Waals surface area contributed by atoms with Crippen molar-refractivity contribution in [2.24, 2.45) is 0 Å². The van der Waals surface area contributed by atoms with Crippen LogP contribution in [0.5, 0.6) is 0 Å². The lowest BCUT2D eigenvalue weighted by molar-refractivity contribution is 0.452. The van der Waals surface area contributed by atoms with E-state index in [9.17, 15) is 13.2 Å². The van der Waals surface area contributed by atoms with Crippen molar-refractivity contribution in [3.8, 4) is 0 Å². The van der Waals surface area contributed by atoms with Crippen LogP contribution in [0.25, 0.3) is 10.9 Å². The lowest BCUT2D eigenvalue weighted by Crippen LogP contribution is -2.06. The third kappa shape index (κ3) is 2.37. The summed E-state index contributed by atoms with van der Waals surface area (Å²) in [6.07, 6.45) is 0. The summed E-state index contributed by atoms with van der Waals surface area (Å²) in [4.78, 5) is 4.09. The van der Waals surface area contributed by atoms with Gasteiger partial charge in [0.05, 0.1) is 0 Å². The first-order chi connectivity index (χ1) is 8.95. The van der Waals surface area contributed by atoms with Crippen molar-refractivity contribution in [3.63, 3.8) is 0 Å². The van der Waals surface area contributed by atoms with Gasteiger partial charge in [0.2, 0.25) is 0 Å². The van der Waals surface area contributed by atoms with Gasteiger partial charge in [-0.3, -0.25) is 0 Å². The summed E-state index contributed by atoms with van der Waals surface area (Å²) in [7, 11) is 0. The molecule has 0 saturated heterocycles. The number of hydrogen-bond donors (Lipinski definition) is 1. The second kappa shape index (κ2) is 5.07. The van der Waals surface area contributed by atoms with Crippen molar-refractivity contribution in [2.45, 2.75) is 26.7 Å². The maximum Gasteiger partial charge on any atom is 0.196 e. The highest BCUT2D eigenvalue weighted by Gasteiger charge is 2.18. The summed E-state index contributed by atoms with van der Waals surface area (Å²) in [5, 5.41) is 3.28. The molecule has 102 valence electrons. The van der Waals surface area contributed by atoms with Gasteiger partial charge in [-0.25, -0.2) is 18.2 Å². The number of pyridine rings is 1. The molecule has 2 rings (SSSR count). The lowest BCUT2D eigenvalue weighted by atomic mass is 10.0. The zero-order valence-corrected chi connectivity index (χ0v) is 11.0.